The fraction of sp³-hybridized carbons (Fsp3) is 0.500. The van der Waals surface area contributed by atoms with Crippen LogP contribution in [0.25, 0.3) is 0 Å². The van der Waals surface area contributed by atoms with Gasteiger partial charge in [0.05, 0.1) is 0 Å². The average Bonchev–Trinajstić information content (AvgIpc) is 2.30. The van der Waals surface area contributed by atoms with Crippen molar-refractivity contribution in [1.29, 1.82) is 0 Å². The van der Waals surface area contributed by atoms with Gasteiger partial charge in [0.15, 0.2) is 0 Å². The van der Waals surface area contributed by atoms with Crippen molar-refractivity contribution in [2.75, 3.05) is 11.5 Å². The third-order valence-electron chi connectivity index (χ3n) is 2.82. The summed E-state index contributed by atoms with van der Waals surface area (Å²) in [5.74, 6) is 3.39. The monoisotopic (exact) mass is 207 g/mol. The van der Waals surface area contributed by atoms with Crippen LogP contribution in [-0.4, -0.2) is 11.5 Å². The smallest absolute Gasteiger partial charge is 0.0178 e. The summed E-state index contributed by atoms with van der Waals surface area (Å²) < 4.78 is 0. The Morgan fingerprint density at radius 3 is 3.07 bits per heavy atom. The second-order valence-electron chi connectivity index (χ2n) is 3.86. The molecule has 2 rings (SSSR count). The first kappa shape index (κ1) is 10.1. The molecule has 0 amide bonds. The molecule has 1 aliphatic rings. The maximum absolute atomic E-state index is 5.64. The van der Waals surface area contributed by atoms with Crippen molar-refractivity contribution in [1.82, 2.24) is 0 Å². The van der Waals surface area contributed by atoms with E-state index in [1.807, 2.05) is 0 Å². The fourth-order valence-electron chi connectivity index (χ4n) is 1.98. The van der Waals surface area contributed by atoms with Crippen LogP contribution >= 0.6 is 11.8 Å². The molecular formula is C12H17NS. The minimum absolute atomic E-state index is 0.660. The summed E-state index contributed by atoms with van der Waals surface area (Å²) in [5, 5.41) is 0. The number of hydrogen-bond acceptors (Lipinski definition) is 2. The molecule has 0 aromatic heterocycles. The summed E-state index contributed by atoms with van der Waals surface area (Å²) in [6.07, 6.45) is 2.71. The number of hydrogen-bond donors (Lipinski definition) is 1. The summed E-state index contributed by atoms with van der Waals surface area (Å²) in [7, 11) is 0. The van der Waals surface area contributed by atoms with Crippen LogP contribution in [0.5, 0.6) is 0 Å². The van der Waals surface area contributed by atoms with E-state index in [1.54, 1.807) is 0 Å². The highest BCUT2D eigenvalue weighted by Gasteiger charge is 2.15. The van der Waals surface area contributed by atoms with Crippen LogP contribution < -0.4 is 5.73 Å². The molecule has 1 unspecified atom stereocenters. The van der Waals surface area contributed by atoms with Crippen molar-refractivity contribution in [3.05, 3.63) is 35.4 Å². The van der Waals surface area contributed by atoms with Gasteiger partial charge in [0.2, 0.25) is 0 Å². The van der Waals surface area contributed by atoms with Gasteiger partial charge in [-0.3, -0.25) is 0 Å². The fourth-order valence-corrected chi connectivity index (χ4v) is 3.16. The molecule has 1 atom stereocenters. The Bertz CT molecular complexity index is 292. The Morgan fingerprint density at radius 1 is 1.43 bits per heavy atom. The summed E-state index contributed by atoms with van der Waals surface area (Å²) >= 11 is 2.08. The van der Waals surface area contributed by atoms with E-state index in [-0.39, 0.29) is 0 Å². The van der Waals surface area contributed by atoms with Crippen molar-refractivity contribution in [3.63, 3.8) is 0 Å². The van der Waals surface area contributed by atoms with Gasteiger partial charge < -0.3 is 5.73 Å². The number of benzene rings is 1. The SMILES string of the molecule is NCc1cccc(C2CCCSC2)c1. The lowest BCUT2D eigenvalue weighted by Gasteiger charge is -2.22. The Morgan fingerprint density at radius 2 is 2.36 bits per heavy atom. The molecule has 1 fully saturated rings. The first-order chi connectivity index (χ1) is 6.90. The van der Waals surface area contributed by atoms with Gasteiger partial charge in [0.1, 0.15) is 0 Å². The highest BCUT2D eigenvalue weighted by atomic mass is 32.2. The molecule has 1 heterocycles. The number of rotatable bonds is 2. The molecule has 14 heavy (non-hydrogen) atoms. The molecule has 1 aromatic carbocycles. The predicted molar refractivity (Wildman–Crippen MR) is 63.6 cm³/mol. The van der Waals surface area contributed by atoms with Crippen LogP contribution in [0, 0.1) is 0 Å². The highest BCUT2D eigenvalue weighted by Crippen LogP contribution is 2.31. The maximum Gasteiger partial charge on any atom is 0.0178 e. The standard InChI is InChI=1S/C12H17NS/c13-8-10-3-1-4-11(7-10)12-5-2-6-14-9-12/h1,3-4,7,12H,2,5-6,8-9,13H2. The van der Waals surface area contributed by atoms with E-state index in [1.165, 1.54) is 35.5 Å². The zero-order valence-corrected chi connectivity index (χ0v) is 9.22. The van der Waals surface area contributed by atoms with Crippen LogP contribution in [0.2, 0.25) is 0 Å². The maximum atomic E-state index is 5.64. The minimum atomic E-state index is 0.660. The highest BCUT2D eigenvalue weighted by molar-refractivity contribution is 7.99. The van der Waals surface area contributed by atoms with Crippen LogP contribution in [-0.2, 0) is 6.54 Å². The Hall–Kier alpha value is -0.470. The number of thioether (sulfide) groups is 1. The van der Waals surface area contributed by atoms with Crippen molar-refractivity contribution < 1.29 is 0 Å². The van der Waals surface area contributed by atoms with E-state index < -0.39 is 0 Å². The summed E-state index contributed by atoms with van der Waals surface area (Å²) in [6.45, 7) is 0.660. The van der Waals surface area contributed by atoms with Crippen LogP contribution in [0.15, 0.2) is 24.3 Å². The average molecular weight is 207 g/mol. The van der Waals surface area contributed by atoms with Gasteiger partial charge in [-0.2, -0.15) is 11.8 Å². The first-order valence-electron chi connectivity index (χ1n) is 5.27. The molecule has 76 valence electrons. The molecule has 0 aliphatic carbocycles. The topological polar surface area (TPSA) is 26.0 Å². The van der Waals surface area contributed by atoms with Gasteiger partial charge in [-0.1, -0.05) is 24.3 Å². The lowest BCUT2D eigenvalue weighted by molar-refractivity contribution is 0.659. The first-order valence-corrected chi connectivity index (χ1v) is 6.42. The Balaban J connectivity index is 2.13. The van der Waals surface area contributed by atoms with Gasteiger partial charge in [0.25, 0.3) is 0 Å². The molecule has 0 saturated carbocycles. The normalized spacial score (nSPS) is 22.2. The van der Waals surface area contributed by atoms with Crippen LogP contribution in [0.4, 0.5) is 0 Å². The molecule has 2 N–H and O–H groups in total. The molecule has 2 heteroatoms. The zero-order valence-electron chi connectivity index (χ0n) is 8.41. The van der Waals surface area contributed by atoms with E-state index in [4.69, 9.17) is 5.73 Å². The molecule has 1 saturated heterocycles. The Labute approximate surface area is 90.1 Å². The minimum Gasteiger partial charge on any atom is -0.326 e. The largest absolute Gasteiger partial charge is 0.326 e. The van der Waals surface area contributed by atoms with E-state index >= 15 is 0 Å². The van der Waals surface area contributed by atoms with Crippen molar-refractivity contribution in [3.8, 4) is 0 Å². The summed E-state index contributed by atoms with van der Waals surface area (Å²) in [5.41, 5.74) is 8.39. The quantitative estimate of drug-likeness (QED) is 0.807. The summed E-state index contributed by atoms with van der Waals surface area (Å²) in [4.78, 5) is 0. The molecule has 0 radical (unpaired) electrons. The lowest BCUT2D eigenvalue weighted by Crippen LogP contribution is -2.09. The summed E-state index contributed by atoms with van der Waals surface area (Å²) in [6, 6.07) is 8.77. The van der Waals surface area contributed by atoms with E-state index in [2.05, 4.69) is 36.0 Å². The van der Waals surface area contributed by atoms with Crippen molar-refractivity contribution in [2.24, 2.45) is 5.73 Å². The van der Waals surface area contributed by atoms with Crippen LogP contribution in [0.1, 0.15) is 29.9 Å². The molecular weight excluding hydrogens is 190 g/mol. The van der Waals surface area contributed by atoms with E-state index in [0.29, 0.717) is 6.54 Å². The molecule has 1 nitrogen and oxygen atoms in total. The second-order valence-corrected chi connectivity index (χ2v) is 5.01. The molecule has 1 aliphatic heterocycles. The van der Waals surface area contributed by atoms with E-state index in [0.717, 1.165) is 5.92 Å². The van der Waals surface area contributed by atoms with Gasteiger partial charge >= 0.3 is 0 Å². The van der Waals surface area contributed by atoms with Gasteiger partial charge in [-0.05, 0) is 35.6 Å². The van der Waals surface area contributed by atoms with Gasteiger partial charge in [-0.25, -0.2) is 0 Å². The Kier molecular flexibility index (Phi) is 3.49. The number of nitrogens with two attached hydrogens (primary N) is 1. The molecule has 0 spiro atoms. The van der Waals surface area contributed by atoms with Crippen LogP contribution in [0.3, 0.4) is 0 Å². The molecule has 1 aromatic rings. The lowest BCUT2D eigenvalue weighted by atomic mass is 9.94. The zero-order chi connectivity index (χ0) is 9.80. The van der Waals surface area contributed by atoms with Gasteiger partial charge in [-0.15, -0.1) is 0 Å². The van der Waals surface area contributed by atoms with Crippen molar-refractivity contribution >= 4 is 11.8 Å². The van der Waals surface area contributed by atoms with E-state index in [9.17, 15) is 0 Å². The second kappa shape index (κ2) is 4.85. The van der Waals surface area contributed by atoms with Gasteiger partial charge in [0, 0.05) is 12.3 Å². The molecule has 0 bridgehead atoms. The third kappa shape index (κ3) is 2.31. The van der Waals surface area contributed by atoms with Crippen molar-refractivity contribution in [2.45, 2.75) is 25.3 Å². The third-order valence-corrected chi connectivity index (χ3v) is 4.03. The predicted octanol–water partition coefficient (Wildman–Crippen LogP) is 2.76.